The van der Waals surface area contributed by atoms with Gasteiger partial charge in [0.25, 0.3) is 0 Å². The van der Waals surface area contributed by atoms with Gasteiger partial charge < -0.3 is 10.1 Å². The number of aromatic nitrogens is 2. The molecule has 1 aromatic heterocycles. The van der Waals surface area contributed by atoms with Gasteiger partial charge in [-0.05, 0) is 19.8 Å². The van der Waals surface area contributed by atoms with E-state index in [4.69, 9.17) is 4.74 Å². The molecule has 1 aliphatic rings. The van der Waals surface area contributed by atoms with E-state index in [9.17, 15) is 0 Å². The van der Waals surface area contributed by atoms with Crippen molar-refractivity contribution < 1.29 is 4.74 Å². The fourth-order valence-corrected chi connectivity index (χ4v) is 1.85. The van der Waals surface area contributed by atoms with Crippen molar-refractivity contribution in [2.45, 2.75) is 31.8 Å². The molecule has 2 heterocycles. The van der Waals surface area contributed by atoms with Crippen molar-refractivity contribution in [2.24, 2.45) is 0 Å². The highest BCUT2D eigenvalue weighted by Gasteiger charge is 2.17. The summed E-state index contributed by atoms with van der Waals surface area (Å²) in [7, 11) is 0. The number of ether oxygens (including phenoxy) is 1. The second-order valence-electron chi connectivity index (χ2n) is 3.93. The van der Waals surface area contributed by atoms with E-state index in [1.807, 2.05) is 0 Å². The first-order valence-corrected chi connectivity index (χ1v) is 5.46. The molecule has 0 spiro atoms. The first-order valence-electron chi connectivity index (χ1n) is 5.46. The summed E-state index contributed by atoms with van der Waals surface area (Å²) >= 11 is 0. The third-order valence-electron chi connectivity index (χ3n) is 2.67. The van der Waals surface area contributed by atoms with Crippen LogP contribution >= 0.6 is 0 Å². The minimum atomic E-state index is 0.241. The van der Waals surface area contributed by atoms with E-state index in [0.29, 0.717) is 6.04 Å². The molecule has 4 nitrogen and oxygen atoms in total. The van der Waals surface area contributed by atoms with Crippen LogP contribution < -0.4 is 5.32 Å². The molecule has 0 radical (unpaired) electrons. The smallest absolute Gasteiger partial charge is 0.0753 e. The largest absolute Gasteiger partial charge is 0.380 e. The Balaban J connectivity index is 1.88. The van der Waals surface area contributed by atoms with E-state index in [2.05, 4.69) is 22.2 Å². The molecule has 15 heavy (non-hydrogen) atoms. The van der Waals surface area contributed by atoms with Gasteiger partial charge in [0.1, 0.15) is 0 Å². The zero-order valence-corrected chi connectivity index (χ0v) is 9.02. The Morgan fingerprint density at radius 1 is 1.53 bits per heavy atom. The van der Waals surface area contributed by atoms with Crippen LogP contribution in [-0.2, 0) is 4.74 Å². The summed E-state index contributed by atoms with van der Waals surface area (Å²) in [5.41, 5.74) is 0.989. The maximum Gasteiger partial charge on any atom is 0.0753 e. The molecule has 1 aromatic rings. The van der Waals surface area contributed by atoms with Crippen LogP contribution in [0.15, 0.2) is 18.6 Å². The Morgan fingerprint density at radius 3 is 3.13 bits per heavy atom. The van der Waals surface area contributed by atoms with Crippen LogP contribution in [0.25, 0.3) is 0 Å². The summed E-state index contributed by atoms with van der Waals surface area (Å²) in [6.07, 6.45) is 7.56. The maximum absolute atomic E-state index is 5.42. The number of nitrogens with zero attached hydrogens (tertiary/aromatic N) is 2. The van der Waals surface area contributed by atoms with Gasteiger partial charge in [0, 0.05) is 37.3 Å². The quantitative estimate of drug-likeness (QED) is 0.811. The predicted octanol–water partition coefficient (Wildman–Crippen LogP) is 1.31. The molecule has 2 atom stereocenters. The van der Waals surface area contributed by atoms with E-state index < -0.39 is 0 Å². The highest BCUT2D eigenvalue weighted by atomic mass is 16.5. The average molecular weight is 207 g/mol. The second kappa shape index (κ2) is 5.19. The highest BCUT2D eigenvalue weighted by molar-refractivity contribution is 5.01. The molecule has 0 aromatic carbocycles. The van der Waals surface area contributed by atoms with Crippen molar-refractivity contribution in [1.82, 2.24) is 15.3 Å². The molecule has 0 amide bonds. The Labute approximate surface area is 90.1 Å². The van der Waals surface area contributed by atoms with E-state index in [-0.39, 0.29) is 6.04 Å². The van der Waals surface area contributed by atoms with E-state index in [0.717, 1.165) is 25.3 Å². The fourth-order valence-electron chi connectivity index (χ4n) is 1.85. The van der Waals surface area contributed by atoms with Crippen LogP contribution in [-0.4, -0.2) is 29.2 Å². The Morgan fingerprint density at radius 2 is 2.47 bits per heavy atom. The number of rotatable bonds is 3. The number of hydrogen-bond donors (Lipinski definition) is 1. The average Bonchev–Trinajstić information content (AvgIpc) is 2.31. The van der Waals surface area contributed by atoms with Crippen LogP contribution in [0.3, 0.4) is 0 Å². The van der Waals surface area contributed by atoms with Crippen LogP contribution in [0.2, 0.25) is 0 Å². The van der Waals surface area contributed by atoms with Crippen molar-refractivity contribution in [1.29, 1.82) is 0 Å². The van der Waals surface area contributed by atoms with Crippen molar-refractivity contribution in [3.63, 3.8) is 0 Å². The molecule has 4 heteroatoms. The molecule has 2 rings (SSSR count). The zero-order chi connectivity index (χ0) is 10.5. The lowest BCUT2D eigenvalue weighted by Gasteiger charge is -2.26. The molecule has 82 valence electrons. The fraction of sp³-hybridized carbons (Fsp3) is 0.636. The lowest BCUT2D eigenvalue weighted by molar-refractivity contribution is 0.0669. The third kappa shape index (κ3) is 2.97. The standard InChI is InChI=1S/C11H17N3O/c1-9(11-7-12-4-5-13-11)14-10-3-2-6-15-8-10/h4-5,7,9-10,14H,2-3,6,8H2,1H3. The lowest BCUT2D eigenvalue weighted by atomic mass is 10.1. The van der Waals surface area contributed by atoms with Gasteiger partial charge in [-0.3, -0.25) is 9.97 Å². The van der Waals surface area contributed by atoms with E-state index in [1.54, 1.807) is 18.6 Å². The van der Waals surface area contributed by atoms with Crippen molar-refractivity contribution >= 4 is 0 Å². The van der Waals surface area contributed by atoms with Crippen LogP contribution in [0, 0.1) is 0 Å². The van der Waals surface area contributed by atoms with Crippen molar-refractivity contribution in [2.75, 3.05) is 13.2 Å². The molecular weight excluding hydrogens is 190 g/mol. The summed E-state index contributed by atoms with van der Waals surface area (Å²) in [4.78, 5) is 8.34. The first-order chi connectivity index (χ1) is 7.36. The summed E-state index contributed by atoms with van der Waals surface area (Å²) in [6, 6.07) is 0.696. The molecule has 1 aliphatic heterocycles. The molecule has 1 fully saturated rings. The van der Waals surface area contributed by atoms with Gasteiger partial charge in [-0.1, -0.05) is 0 Å². The molecule has 0 saturated carbocycles. The molecule has 0 aliphatic carbocycles. The molecule has 1 N–H and O–H groups in total. The predicted molar refractivity (Wildman–Crippen MR) is 57.4 cm³/mol. The molecule has 0 bridgehead atoms. The van der Waals surface area contributed by atoms with Gasteiger partial charge in [0.2, 0.25) is 0 Å². The van der Waals surface area contributed by atoms with Crippen molar-refractivity contribution in [3.05, 3.63) is 24.3 Å². The first kappa shape index (κ1) is 10.5. The van der Waals surface area contributed by atoms with E-state index >= 15 is 0 Å². The lowest BCUT2D eigenvalue weighted by Crippen LogP contribution is -2.38. The SMILES string of the molecule is CC(NC1CCCOC1)c1cnccn1. The minimum Gasteiger partial charge on any atom is -0.380 e. The van der Waals surface area contributed by atoms with Crippen LogP contribution in [0.4, 0.5) is 0 Å². The second-order valence-corrected chi connectivity index (χ2v) is 3.93. The summed E-state index contributed by atoms with van der Waals surface area (Å²) in [6.45, 7) is 3.82. The highest BCUT2D eigenvalue weighted by Crippen LogP contribution is 2.12. The van der Waals surface area contributed by atoms with Crippen LogP contribution in [0.1, 0.15) is 31.5 Å². The van der Waals surface area contributed by atoms with Gasteiger partial charge in [-0.15, -0.1) is 0 Å². The third-order valence-corrected chi connectivity index (χ3v) is 2.67. The molecule has 1 saturated heterocycles. The van der Waals surface area contributed by atoms with Crippen LogP contribution in [0.5, 0.6) is 0 Å². The van der Waals surface area contributed by atoms with Gasteiger partial charge >= 0.3 is 0 Å². The van der Waals surface area contributed by atoms with Gasteiger partial charge in [-0.25, -0.2) is 0 Å². The zero-order valence-electron chi connectivity index (χ0n) is 9.02. The summed E-state index contributed by atoms with van der Waals surface area (Å²) < 4.78 is 5.42. The van der Waals surface area contributed by atoms with E-state index in [1.165, 1.54) is 6.42 Å². The summed E-state index contributed by atoms with van der Waals surface area (Å²) in [5, 5.41) is 3.51. The maximum atomic E-state index is 5.42. The summed E-state index contributed by atoms with van der Waals surface area (Å²) in [5.74, 6) is 0. The number of hydrogen-bond acceptors (Lipinski definition) is 4. The Bertz CT molecular complexity index is 285. The van der Waals surface area contributed by atoms with Gasteiger partial charge in [-0.2, -0.15) is 0 Å². The molecular formula is C11H17N3O. The van der Waals surface area contributed by atoms with Gasteiger partial charge in [0.15, 0.2) is 0 Å². The number of nitrogens with one attached hydrogen (secondary N) is 1. The topological polar surface area (TPSA) is 47.0 Å². The van der Waals surface area contributed by atoms with Gasteiger partial charge in [0.05, 0.1) is 12.3 Å². The Kier molecular flexibility index (Phi) is 3.64. The van der Waals surface area contributed by atoms with Crippen molar-refractivity contribution in [3.8, 4) is 0 Å². The monoisotopic (exact) mass is 207 g/mol. The molecule has 2 unspecified atom stereocenters. The normalized spacial score (nSPS) is 23.7. The minimum absolute atomic E-state index is 0.241. The Hall–Kier alpha value is -1.00.